The lowest BCUT2D eigenvalue weighted by Crippen LogP contribution is -2.09. The summed E-state index contributed by atoms with van der Waals surface area (Å²) in [5.74, 6) is 0. The van der Waals surface area contributed by atoms with Crippen molar-refractivity contribution >= 4 is 12.4 Å². The fraction of sp³-hybridized carbons (Fsp3) is 0.200. The van der Waals surface area contributed by atoms with Crippen molar-refractivity contribution in [1.82, 2.24) is 0 Å². The maximum atomic E-state index is 10.3. The van der Waals surface area contributed by atoms with Gasteiger partial charge in [-0.05, 0) is 5.56 Å². The molecule has 3 nitrogen and oxygen atoms in total. The van der Waals surface area contributed by atoms with E-state index in [9.17, 15) is 9.59 Å². The van der Waals surface area contributed by atoms with Gasteiger partial charge >= 0.3 is 0 Å². The number of carbonyl (C=O) groups excluding carboxylic acids is 2. The smallest absolute Gasteiger partial charge is 0.235 e. The summed E-state index contributed by atoms with van der Waals surface area (Å²) in [5.41, 5.74) is 0.954. The molecule has 0 unspecified atom stereocenters. The van der Waals surface area contributed by atoms with Gasteiger partial charge in [0.25, 0.3) is 0 Å². The quantitative estimate of drug-likeness (QED) is 0.505. The molecule has 13 heavy (non-hydrogen) atoms. The summed E-state index contributed by atoms with van der Waals surface area (Å²) in [7, 11) is 0. The highest BCUT2D eigenvalue weighted by atomic mass is 16.1. The Hall–Kier alpha value is -1.73. The second-order valence-corrected chi connectivity index (χ2v) is 2.54. The average Bonchev–Trinajstić information content (AvgIpc) is 2.19. The Morgan fingerprint density at radius 1 is 1.23 bits per heavy atom. The van der Waals surface area contributed by atoms with Gasteiger partial charge in [0, 0.05) is 6.42 Å². The van der Waals surface area contributed by atoms with Crippen LogP contribution in [-0.4, -0.2) is 18.4 Å². The summed E-state index contributed by atoms with van der Waals surface area (Å²) < 4.78 is 0. The number of nitrogens with zero attached hydrogens (tertiary/aromatic N) is 1. The lowest BCUT2D eigenvalue weighted by Gasteiger charge is -2.00. The van der Waals surface area contributed by atoms with Crippen LogP contribution in [0.25, 0.3) is 0 Å². The van der Waals surface area contributed by atoms with E-state index >= 15 is 0 Å². The summed E-state index contributed by atoms with van der Waals surface area (Å²) in [6.07, 6.45) is 3.43. The van der Waals surface area contributed by atoms with Crippen LogP contribution in [0.5, 0.6) is 0 Å². The first-order valence-electron chi connectivity index (χ1n) is 3.85. The van der Waals surface area contributed by atoms with Crippen LogP contribution < -0.4 is 0 Å². The van der Waals surface area contributed by atoms with Crippen molar-refractivity contribution in [2.24, 2.45) is 4.99 Å². The van der Waals surface area contributed by atoms with Gasteiger partial charge in [-0.2, -0.15) is 4.99 Å². The van der Waals surface area contributed by atoms with Crippen LogP contribution in [0, 0.1) is 0 Å². The number of isocyanates is 1. The highest BCUT2D eigenvalue weighted by Gasteiger charge is 2.06. The van der Waals surface area contributed by atoms with Crippen molar-refractivity contribution in [1.29, 1.82) is 0 Å². The highest BCUT2D eigenvalue weighted by Crippen LogP contribution is 2.03. The van der Waals surface area contributed by atoms with Gasteiger partial charge in [0.2, 0.25) is 12.4 Å². The predicted molar refractivity (Wildman–Crippen MR) is 47.7 cm³/mol. The molecule has 0 fully saturated rings. The lowest BCUT2D eigenvalue weighted by molar-refractivity contribution is 0.535. The molecule has 1 aromatic rings. The molecule has 0 N–H and O–H groups in total. The van der Waals surface area contributed by atoms with Crippen molar-refractivity contribution < 1.29 is 9.59 Å². The van der Waals surface area contributed by atoms with Crippen LogP contribution in [0.15, 0.2) is 35.3 Å². The van der Waals surface area contributed by atoms with Crippen LogP contribution in [0.2, 0.25) is 0 Å². The van der Waals surface area contributed by atoms with Gasteiger partial charge in [0.1, 0.15) is 6.04 Å². The van der Waals surface area contributed by atoms with Crippen LogP contribution in [0.3, 0.4) is 0 Å². The van der Waals surface area contributed by atoms with E-state index in [1.807, 2.05) is 30.3 Å². The Kier molecular flexibility index (Phi) is 3.61. The number of hydrogen-bond acceptors (Lipinski definition) is 3. The minimum Gasteiger partial charge on any atom is -0.288 e. The Morgan fingerprint density at radius 2 is 1.92 bits per heavy atom. The standard InChI is InChI=1S/C10H8NO2/c12-7-10(11-8-13)6-9-4-2-1-3-5-9/h1-5,10H,6H2/t10-/m0/s1. The van der Waals surface area contributed by atoms with Gasteiger partial charge in [-0.25, -0.2) is 4.79 Å². The lowest BCUT2D eigenvalue weighted by atomic mass is 10.1. The molecule has 0 bridgehead atoms. The summed E-state index contributed by atoms with van der Waals surface area (Å²) in [6, 6.07) is 8.62. The molecule has 0 aromatic heterocycles. The third-order valence-corrected chi connectivity index (χ3v) is 1.62. The zero-order chi connectivity index (χ0) is 9.52. The van der Waals surface area contributed by atoms with E-state index < -0.39 is 6.04 Å². The van der Waals surface area contributed by atoms with Crippen LogP contribution in [0.4, 0.5) is 0 Å². The normalized spacial score (nSPS) is 11.4. The maximum Gasteiger partial charge on any atom is 0.235 e. The van der Waals surface area contributed by atoms with E-state index in [0.717, 1.165) is 5.56 Å². The van der Waals surface area contributed by atoms with Crippen LogP contribution in [-0.2, 0) is 16.0 Å². The number of benzene rings is 1. The Labute approximate surface area is 76.1 Å². The molecule has 0 aliphatic carbocycles. The molecule has 1 rings (SSSR count). The minimum absolute atomic E-state index is 0.402. The fourth-order valence-corrected chi connectivity index (χ4v) is 1.01. The Balaban J connectivity index is 2.67. The molecule has 0 heterocycles. The molecule has 0 saturated heterocycles. The highest BCUT2D eigenvalue weighted by molar-refractivity contribution is 5.61. The molecule has 1 radical (unpaired) electrons. The van der Waals surface area contributed by atoms with Gasteiger partial charge in [0.15, 0.2) is 0 Å². The monoisotopic (exact) mass is 174 g/mol. The van der Waals surface area contributed by atoms with E-state index in [0.29, 0.717) is 6.42 Å². The first kappa shape index (κ1) is 9.36. The number of rotatable bonds is 4. The van der Waals surface area contributed by atoms with E-state index in [-0.39, 0.29) is 0 Å². The minimum atomic E-state index is -0.722. The molecule has 3 heteroatoms. The molecule has 1 atom stereocenters. The van der Waals surface area contributed by atoms with Gasteiger partial charge in [-0.3, -0.25) is 4.79 Å². The van der Waals surface area contributed by atoms with E-state index in [4.69, 9.17) is 0 Å². The van der Waals surface area contributed by atoms with Gasteiger partial charge < -0.3 is 0 Å². The first-order valence-corrected chi connectivity index (χ1v) is 3.85. The summed E-state index contributed by atoms with van der Waals surface area (Å²) in [5, 5.41) is 0. The van der Waals surface area contributed by atoms with Crippen molar-refractivity contribution in [2.45, 2.75) is 12.5 Å². The molecule has 65 valence electrons. The largest absolute Gasteiger partial charge is 0.288 e. The number of aliphatic imine (C=N–C) groups is 1. The second kappa shape index (κ2) is 5.01. The second-order valence-electron chi connectivity index (χ2n) is 2.54. The molecule has 0 spiro atoms. The molecular formula is C10H8NO2. The van der Waals surface area contributed by atoms with Crippen molar-refractivity contribution in [3.05, 3.63) is 35.9 Å². The third-order valence-electron chi connectivity index (χ3n) is 1.62. The molecular weight excluding hydrogens is 166 g/mol. The van der Waals surface area contributed by atoms with Crippen molar-refractivity contribution in [3.8, 4) is 0 Å². The van der Waals surface area contributed by atoms with Gasteiger partial charge in [-0.15, -0.1) is 0 Å². The SMILES string of the molecule is O=[C][C@H](Cc1ccccc1)N=C=O. The van der Waals surface area contributed by atoms with Crippen LogP contribution >= 0.6 is 0 Å². The summed E-state index contributed by atoms with van der Waals surface area (Å²) in [6.45, 7) is 0. The van der Waals surface area contributed by atoms with Crippen molar-refractivity contribution in [2.75, 3.05) is 0 Å². The average molecular weight is 174 g/mol. The molecule has 0 aliphatic rings. The first-order chi connectivity index (χ1) is 6.36. The maximum absolute atomic E-state index is 10.3. The number of hydrogen-bond donors (Lipinski definition) is 0. The van der Waals surface area contributed by atoms with E-state index in [1.54, 1.807) is 6.29 Å². The van der Waals surface area contributed by atoms with Gasteiger partial charge in [-0.1, -0.05) is 30.3 Å². The van der Waals surface area contributed by atoms with Gasteiger partial charge in [0.05, 0.1) is 0 Å². The summed E-state index contributed by atoms with van der Waals surface area (Å²) in [4.78, 5) is 23.5. The molecule has 1 aromatic carbocycles. The molecule has 0 saturated carbocycles. The Bertz CT molecular complexity index is 315. The van der Waals surface area contributed by atoms with Crippen molar-refractivity contribution in [3.63, 3.8) is 0 Å². The zero-order valence-electron chi connectivity index (χ0n) is 6.93. The molecule has 0 amide bonds. The molecule has 0 aliphatic heterocycles. The zero-order valence-corrected chi connectivity index (χ0v) is 6.93. The fourth-order valence-electron chi connectivity index (χ4n) is 1.01. The predicted octanol–water partition coefficient (Wildman–Crippen LogP) is 1.04. The Morgan fingerprint density at radius 3 is 2.46 bits per heavy atom. The van der Waals surface area contributed by atoms with E-state index in [1.165, 1.54) is 6.08 Å². The van der Waals surface area contributed by atoms with Crippen LogP contribution in [0.1, 0.15) is 5.56 Å². The topological polar surface area (TPSA) is 46.5 Å². The third kappa shape index (κ3) is 3.01. The van der Waals surface area contributed by atoms with E-state index in [2.05, 4.69) is 4.99 Å². The summed E-state index contributed by atoms with van der Waals surface area (Å²) >= 11 is 0.